The van der Waals surface area contributed by atoms with Crippen LogP contribution in [0.1, 0.15) is 47.8 Å². The monoisotopic (exact) mass is 323 g/mol. The van der Waals surface area contributed by atoms with Gasteiger partial charge in [-0.05, 0) is 41.5 Å². The van der Waals surface area contributed by atoms with Gasteiger partial charge in [0.2, 0.25) is 0 Å². The molecule has 2 aromatic carbocycles. The fourth-order valence-electron chi connectivity index (χ4n) is 3.31. The Kier molecular flexibility index (Phi) is 3.89. The molecule has 0 N–H and O–H groups in total. The van der Waals surface area contributed by atoms with Crippen LogP contribution in [0, 0.1) is 5.82 Å². The minimum atomic E-state index is -0.538. The molecule has 4 heteroatoms. The maximum absolute atomic E-state index is 14.2. The molecule has 0 saturated heterocycles. The molecule has 1 aliphatic heterocycles. The third-order valence-corrected chi connectivity index (χ3v) is 4.90. The van der Waals surface area contributed by atoms with Crippen LogP contribution < -0.4 is 4.74 Å². The first-order valence-corrected chi connectivity index (χ1v) is 8.31. The van der Waals surface area contributed by atoms with Gasteiger partial charge >= 0.3 is 5.97 Å². The molecule has 1 saturated carbocycles. The number of benzene rings is 2. The van der Waals surface area contributed by atoms with Gasteiger partial charge in [0.25, 0.3) is 0 Å². The molecule has 2 aromatic rings. The van der Waals surface area contributed by atoms with Crippen molar-refractivity contribution in [2.75, 3.05) is 0 Å². The van der Waals surface area contributed by atoms with Gasteiger partial charge in [0.05, 0.1) is 6.54 Å². The van der Waals surface area contributed by atoms with Crippen molar-refractivity contribution in [3.8, 4) is 5.75 Å². The molecule has 3 nitrogen and oxygen atoms in total. The third kappa shape index (κ3) is 2.73. The fraction of sp³-hybridized carbons (Fsp3) is 0.300. The minimum Gasteiger partial charge on any atom is -0.426 e. The second-order valence-corrected chi connectivity index (χ2v) is 6.40. The standard InChI is InChI=1S/C20H18FNO2/c21-19-10-15(8-9-17(19)13-5-3-6-13)24-20(23)18-12-22-11-14-4-1-2-7-16(14)18/h1-2,4,7-10,12-13,18H,3,5-6,11H2. The predicted molar refractivity (Wildman–Crippen MR) is 90.0 cm³/mol. The number of nitrogens with zero attached hydrogens (tertiary/aromatic N) is 1. The first-order valence-electron chi connectivity index (χ1n) is 8.31. The highest BCUT2D eigenvalue weighted by Crippen LogP contribution is 2.38. The van der Waals surface area contributed by atoms with Crippen LogP contribution in [0.2, 0.25) is 0 Å². The Hall–Kier alpha value is -2.49. The van der Waals surface area contributed by atoms with Crippen LogP contribution in [0.25, 0.3) is 0 Å². The van der Waals surface area contributed by atoms with Crippen LogP contribution >= 0.6 is 0 Å². The lowest BCUT2D eigenvalue weighted by Gasteiger charge is -2.26. The molecule has 0 amide bonds. The Labute approximate surface area is 140 Å². The lowest BCUT2D eigenvalue weighted by atomic mass is 9.80. The topological polar surface area (TPSA) is 38.7 Å². The van der Waals surface area contributed by atoms with Crippen molar-refractivity contribution >= 4 is 12.2 Å². The summed E-state index contributed by atoms with van der Waals surface area (Å²) in [7, 11) is 0. The van der Waals surface area contributed by atoms with Crippen molar-refractivity contribution in [2.45, 2.75) is 37.6 Å². The van der Waals surface area contributed by atoms with E-state index in [2.05, 4.69) is 4.99 Å². The second-order valence-electron chi connectivity index (χ2n) is 6.40. The quantitative estimate of drug-likeness (QED) is 0.621. The number of hydrogen-bond acceptors (Lipinski definition) is 3. The summed E-state index contributed by atoms with van der Waals surface area (Å²) in [6, 6.07) is 12.4. The lowest BCUT2D eigenvalue weighted by Crippen LogP contribution is -2.23. The van der Waals surface area contributed by atoms with Crippen molar-refractivity contribution < 1.29 is 13.9 Å². The van der Waals surface area contributed by atoms with E-state index in [0.29, 0.717) is 12.5 Å². The van der Waals surface area contributed by atoms with Crippen LogP contribution in [0.4, 0.5) is 4.39 Å². The molecule has 1 heterocycles. The SMILES string of the molecule is O=C(Oc1ccc(C2CCC2)c(F)c1)C1C=NCc2ccccc21. The van der Waals surface area contributed by atoms with Gasteiger partial charge in [0, 0.05) is 12.3 Å². The lowest BCUT2D eigenvalue weighted by molar-refractivity contribution is -0.134. The molecule has 1 unspecified atom stereocenters. The largest absolute Gasteiger partial charge is 0.426 e. The summed E-state index contributed by atoms with van der Waals surface area (Å²) in [6.45, 7) is 0.574. The molecule has 1 fully saturated rings. The van der Waals surface area contributed by atoms with Gasteiger partial charge in [-0.15, -0.1) is 0 Å². The zero-order valence-corrected chi connectivity index (χ0v) is 13.2. The molecule has 4 rings (SSSR count). The van der Waals surface area contributed by atoms with Gasteiger partial charge in [-0.1, -0.05) is 36.8 Å². The first kappa shape index (κ1) is 15.1. The number of aliphatic imine (C=N–C) groups is 1. The van der Waals surface area contributed by atoms with Crippen molar-refractivity contribution in [1.82, 2.24) is 0 Å². The fourth-order valence-corrected chi connectivity index (χ4v) is 3.31. The summed E-state index contributed by atoms with van der Waals surface area (Å²) in [5, 5.41) is 0. The summed E-state index contributed by atoms with van der Waals surface area (Å²) in [6.07, 6.45) is 4.84. The Morgan fingerprint density at radius 2 is 1.96 bits per heavy atom. The van der Waals surface area contributed by atoms with Crippen molar-refractivity contribution in [3.05, 3.63) is 65.0 Å². The molecule has 122 valence electrons. The van der Waals surface area contributed by atoms with E-state index in [1.807, 2.05) is 24.3 Å². The number of ether oxygens (including phenoxy) is 1. The number of fused-ring (bicyclic) bond motifs is 1. The third-order valence-electron chi connectivity index (χ3n) is 4.90. The Morgan fingerprint density at radius 1 is 1.12 bits per heavy atom. The predicted octanol–water partition coefficient (Wildman–Crippen LogP) is 4.37. The van der Waals surface area contributed by atoms with E-state index in [1.54, 1.807) is 18.3 Å². The van der Waals surface area contributed by atoms with Crippen LogP contribution in [-0.2, 0) is 11.3 Å². The number of rotatable bonds is 3. The molecule has 0 radical (unpaired) electrons. The highest BCUT2D eigenvalue weighted by Gasteiger charge is 2.27. The molecule has 0 spiro atoms. The minimum absolute atomic E-state index is 0.247. The van der Waals surface area contributed by atoms with Gasteiger partial charge in [-0.3, -0.25) is 9.79 Å². The summed E-state index contributed by atoms with van der Waals surface area (Å²) in [4.78, 5) is 16.7. The maximum Gasteiger partial charge on any atom is 0.324 e. The van der Waals surface area contributed by atoms with Crippen LogP contribution in [-0.4, -0.2) is 12.2 Å². The first-order chi connectivity index (χ1) is 11.7. The highest BCUT2D eigenvalue weighted by atomic mass is 19.1. The number of carbonyl (C=O) groups is 1. The maximum atomic E-state index is 14.2. The van der Waals surface area contributed by atoms with E-state index in [0.717, 1.165) is 36.0 Å². The van der Waals surface area contributed by atoms with E-state index in [-0.39, 0.29) is 11.6 Å². The average Bonchev–Trinajstić information content (AvgIpc) is 2.55. The van der Waals surface area contributed by atoms with Gasteiger partial charge in [-0.2, -0.15) is 0 Å². The van der Waals surface area contributed by atoms with Gasteiger partial charge < -0.3 is 4.74 Å². The van der Waals surface area contributed by atoms with E-state index >= 15 is 0 Å². The van der Waals surface area contributed by atoms with Gasteiger partial charge in [0.1, 0.15) is 17.5 Å². The van der Waals surface area contributed by atoms with Crippen molar-refractivity contribution in [1.29, 1.82) is 0 Å². The van der Waals surface area contributed by atoms with Gasteiger partial charge in [0.15, 0.2) is 0 Å². The Bertz CT molecular complexity index is 811. The normalized spacial score (nSPS) is 19.5. The van der Waals surface area contributed by atoms with E-state index in [1.165, 1.54) is 6.07 Å². The molecule has 0 aromatic heterocycles. The molecular formula is C20H18FNO2. The zero-order valence-electron chi connectivity index (χ0n) is 13.2. The van der Waals surface area contributed by atoms with E-state index < -0.39 is 11.9 Å². The van der Waals surface area contributed by atoms with Crippen LogP contribution in [0.15, 0.2) is 47.5 Å². The van der Waals surface area contributed by atoms with Crippen molar-refractivity contribution in [3.63, 3.8) is 0 Å². The Balaban J connectivity index is 1.53. The number of esters is 1. The summed E-state index contributed by atoms with van der Waals surface area (Å²) < 4.78 is 19.6. The second kappa shape index (κ2) is 6.19. The van der Waals surface area contributed by atoms with Gasteiger partial charge in [-0.25, -0.2) is 4.39 Å². The van der Waals surface area contributed by atoms with E-state index in [4.69, 9.17) is 4.74 Å². The number of hydrogen-bond donors (Lipinski definition) is 0. The summed E-state index contributed by atoms with van der Waals surface area (Å²) in [5.74, 6) is -0.696. The molecule has 0 bridgehead atoms. The number of carbonyl (C=O) groups excluding carboxylic acids is 1. The summed E-state index contributed by atoms with van der Waals surface area (Å²) >= 11 is 0. The summed E-state index contributed by atoms with van der Waals surface area (Å²) in [5.41, 5.74) is 2.66. The zero-order chi connectivity index (χ0) is 16.5. The molecule has 2 aliphatic rings. The molecule has 24 heavy (non-hydrogen) atoms. The average molecular weight is 323 g/mol. The van der Waals surface area contributed by atoms with Crippen LogP contribution in [0.3, 0.4) is 0 Å². The highest BCUT2D eigenvalue weighted by molar-refractivity contribution is 5.98. The van der Waals surface area contributed by atoms with Crippen LogP contribution in [0.5, 0.6) is 5.75 Å². The van der Waals surface area contributed by atoms with Crippen molar-refractivity contribution in [2.24, 2.45) is 4.99 Å². The Morgan fingerprint density at radius 3 is 2.71 bits per heavy atom. The number of halogens is 1. The molecular weight excluding hydrogens is 305 g/mol. The molecule has 1 atom stereocenters. The van der Waals surface area contributed by atoms with E-state index in [9.17, 15) is 9.18 Å². The molecule has 1 aliphatic carbocycles. The smallest absolute Gasteiger partial charge is 0.324 e.